The lowest BCUT2D eigenvalue weighted by Gasteiger charge is -2.23. The van der Waals surface area contributed by atoms with Gasteiger partial charge in [-0.25, -0.2) is 14.6 Å². The van der Waals surface area contributed by atoms with Gasteiger partial charge in [-0.15, -0.1) is 11.3 Å². The van der Waals surface area contributed by atoms with Gasteiger partial charge in [-0.2, -0.15) is 0 Å². The monoisotopic (exact) mass is 292 g/mol. The highest BCUT2D eigenvalue weighted by molar-refractivity contribution is 7.13. The molecule has 20 heavy (non-hydrogen) atoms. The summed E-state index contributed by atoms with van der Waals surface area (Å²) in [7, 11) is 0. The van der Waals surface area contributed by atoms with Gasteiger partial charge in [0, 0.05) is 0 Å². The zero-order valence-electron chi connectivity index (χ0n) is 10.4. The van der Waals surface area contributed by atoms with E-state index in [2.05, 4.69) is 4.98 Å². The molecule has 0 bridgehead atoms. The van der Waals surface area contributed by atoms with Crippen molar-refractivity contribution in [3.05, 3.63) is 28.9 Å². The van der Waals surface area contributed by atoms with Crippen molar-refractivity contribution in [3.63, 3.8) is 0 Å². The van der Waals surface area contributed by atoms with E-state index in [1.54, 1.807) is 4.57 Å². The molecule has 0 fully saturated rings. The lowest BCUT2D eigenvalue weighted by Crippen LogP contribution is -2.26. The molecule has 1 aliphatic heterocycles. The van der Waals surface area contributed by atoms with Gasteiger partial charge in [0.2, 0.25) is 0 Å². The van der Waals surface area contributed by atoms with Crippen molar-refractivity contribution in [2.24, 2.45) is 0 Å². The maximum absolute atomic E-state index is 11.4. The summed E-state index contributed by atoms with van der Waals surface area (Å²) in [6.07, 6.45) is 1.70. The minimum Gasteiger partial charge on any atom is -0.480 e. The highest BCUT2D eigenvalue weighted by atomic mass is 32.1. The number of aromatic nitrogens is 2. The van der Waals surface area contributed by atoms with Crippen molar-refractivity contribution in [2.45, 2.75) is 25.3 Å². The molecule has 0 aromatic carbocycles. The van der Waals surface area contributed by atoms with E-state index >= 15 is 0 Å². The van der Waals surface area contributed by atoms with E-state index in [1.807, 2.05) is 17.5 Å². The summed E-state index contributed by atoms with van der Waals surface area (Å²) in [6.45, 7) is 0. The molecular weight excluding hydrogens is 280 g/mol. The Morgan fingerprint density at radius 3 is 2.80 bits per heavy atom. The Balaban J connectivity index is 2.25. The van der Waals surface area contributed by atoms with Crippen LogP contribution in [0.25, 0.3) is 10.7 Å². The molecule has 2 aromatic rings. The maximum atomic E-state index is 11.4. The van der Waals surface area contributed by atoms with Gasteiger partial charge in [0.05, 0.1) is 10.6 Å². The fourth-order valence-electron chi connectivity index (χ4n) is 2.62. The Labute approximate surface area is 118 Å². The maximum Gasteiger partial charge on any atom is 0.356 e. The van der Waals surface area contributed by atoms with Gasteiger partial charge in [-0.05, 0) is 30.7 Å². The Hall–Kier alpha value is -2.15. The van der Waals surface area contributed by atoms with E-state index in [-0.39, 0.29) is 5.69 Å². The number of imidazole rings is 1. The number of nitrogens with zero attached hydrogens (tertiary/aromatic N) is 2. The lowest BCUT2D eigenvalue weighted by atomic mass is 10.0. The van der Waals surface area contributed by atoms with E-state index < -0.39 is 18.0 Å². The highest BCUT2D eigenvalue weighted by Crippen LogP contribution is 2.35. The van der Waals surface area contributed by atoms with Crippen LogP contribution in [-0.2, 0) is 11.2 Å². The van der Waals surface area contributed by atoms with Crippen LogP contribution in [0.3, 0.4) is 0 Å². The van der Waals surface area contributed by atoms with Gasteiger partial charge >= 0.3 is 11.9 Å². The summed E-state index contributed by atoms with van der Waals surface area (Å²) in [4.78, 5) is 27.7. The third-order valence-corrected chi connectivity index (χ3v) is 4.31. The van der Waals surface area contributed by atoms with Crippen molar-refractivity contribution in [1.29, 1.82) is 0 Å². The number of rotatable bonds is 3. The van der Waals surface area contributed by atoms with E-state index in [1.165, 1.54) is 11.3 Å². The van der Waals surface area contributed by atoms with Crippen molar-refractivity contribution in [3.8, 4) is 10.7 Å². The summed E-state index contributed by atoms with van der Waals surface area (Å²) < 4.78 is 1.58. The topological polar surface area (TPSA) is 92.4 Å². The molecule has 0 radical (unpaired) electrons. The lowest BCUT2D eigenvalue weighted by molar-refractivity contribution is -0.141. The van der Waals surface area contributed by atoms with E-state index in [0.29, 0.717) is 30.8 Å². The smallest absolute Gasteiger partial charge is 0.356 e. The first-order chi connectivity index (χ1) is 9.59. The number of carbonyl (C=O) groups is 2. The molecule has 1 unspecified atom stereocenters. The molecule has 0 saturated carbocycles. The van der Waals surface area contributed by atoms with Crippen LogP contribution < -0.4 is 0 Å². The second-order valence-electron chi connectivity index (χ2n) is 4.63. The molecule has 1 aliphatic rings. The summed E-state index contributed by atoms with van der Waals surface area (Å²) in [6, 6.07) is 2.91. The number of carboxylic acid groups (broad SMARTS) is 2. The Morgan fingerprint density at radius 2 is 2.20 bits per heavy atom. The first kappa shape index (κ1) is 12.9. The quantitative estimate of drug-likeness (QED) is 0.905. The molecule has 0 amide bonds. The van der Waals surface area contributed by atoms with E-state index in [0.717, 1.165) is 4.88 Å². The zero-order chi connectivity index (χ0) is 14.3. The molecular formula is C13H12N2O4S. The molecule has 2 aromatic heterocycles. The molecule has 0 spiro atoms. The van der Waals surface area contributed by atoms with Crippen LogP contribution in [-0.4, -0.2) is 31.7 Å². The molecule has 1 atom stereocenters. The first-order valence-corrected chi connectivity index (χ1v) is 7.08. The molecule has 0 aliphatic carbocycles. The molecule has 2 N–H and O–H groups in total. The van der Waals surface area contributed by atoms with Crippen molar-refractivity contribution in [1.82, 2.24) is 9.55 Å². The third-order valence-electron chi connectivity index (χ3n) is 3.44. The van der Waals surface area contributed by atoms with Crippen molar-refractivity contribution in [2.75, 3.05) is 0 Å². The van der Waals surface area contributed by atoms with Crippen LogP contribution in [0.2, 0.25) is 0 Å². The number of hydrogen-bond donors (Lipinski definition) is 2. The number of carboxylic acids is 2. The SMILES string of the molecule is O=C(O)c1nc(-c2cccs2)n2c1CCCC2C(=O)O. The van der Waals surface area contributed by atoms with Crippen LogP contribution in [0.15, 0.2) is 17.5 Å². The minimum atomic E-state index is -1.11. The Morgan fingerprint density at radius 1 is 1.40 bits per heavy atom. The normalized spacial score (nSPS) is 17.7. The molecule has 0 saturated heterocycles. The number of hydrogen-bond acceptors (Lipinski definition) is 4. The summed E-state index contributed by atoms with van der Waals surface area (Å²) in [5, 5.41) is 20.5. The van der Waals surface area contributed by atoms with Gasteiger partial charge < -0.3 is 14.8 Å². The largest absolute Gasteiger partial charge is 0.480 e. The fourth-order valence-corrected chi connectivity index (χ4v) is 3.33. The number of fused-ring (bicyclic) bond motifs is 1. The molecule has 104 valence electrons. The third kappa shape index (κ3) is 1.90. The second kappa shape index (κ2) is 4.75. The van der Waals surface area contributed by atoms with Crippen molar-refractivity contribution >= 4 is 23.3 Å². The van der Waals surface area contributed by atoms with Crippen LogP contribution in [0.1, 0.15) is 35.1 Å². The molecule has 3 rings (SSSR count). The van der Waals surface area contributed by atoms with Crippen LogP contribution in [0.4, 0.5) is 0 Å². The van der Waals surface area contributed by atoms with Gasteiger partial charge in [0.1, 0.15) is 6.04 Å². The highest BCUT2D eigenvalue weighted by Gasteiger charge is 2.33. The Kier molecular flexibility index (Phi) is 3.06. The predicted octanol–water partition coefficient (Wildman–Crippen LogP) is 2.27. The van der Waals surface area contributed by atoms with Gasteiger partial charge in [-0.1, -0.05) is 6.07 Å². The molecule has 3 heterocycles. The number of aromatic carboxylic acids is 1. The van der Waals surface area contributed by atoms with Gasteiger partial charge in [0.15, 0.2) is 11.5 Å². The summed E-state index contributed by atoms with van der Waals surface area (Å²) in [5.74, 6) is -1.61. The van der Waals surface area contributed by atoms with E-state index in [9.17, 15) is 19.8 Å². The van der Waals surface area contributed by atoms with Crippen LogP contribution >= 0.6 is 11.3 Å². The molecule has 6 nitrogen and oxygen atoms in total. The second-order valence-corrected chi connectivity index (χ2v) is 5.58. The average Bonchev–Trinajstić information content (AvgIpc) is 3.04. The fraction of sp³-hybridized carbons (Fsp3) is 0.308. The van der Waals surface area contributed by atoms with E-state index in [4.69, 9.17) is 0 Å². The standard InChI is InChI=1S/C13H12N2O4S/c16-12(17)8-4-1-3-7-10(13(18)19)14-11(15(7)8)9-5-2-6-20-9/h2,5-6,8H,1,3-4H2,(H,16,17)(H,18,19). The zero-order valence-corrected chi connectivity index (χ0v) is 11.3. The first-order valence-electron chi connectivity index (χ1n) is 6.20. The van der Waals surface area contributed by atoms with Crippen LogP contribution in [0, 0.1) is 0 Å². The average molecular weight is 292 g/mol. The minimum absolute atomic E-state index is 0.0284. The predicted molar refractivity (Wildman–Crippen MR) is 72.1 cm³/mol. The van der Waals surface area contributed by atoms with Crippen molar-refractivity contribution < 1.29 is 19.8 Å². The van der Waals surface area contributed by atoms with Gasteiger partial charge in [-0.3, -0.25) is 0 Å². The summed E-state index contributed by atoms with van der Waals surface area (Å²) in [5.41, 5.74) is 0.485. The van der Waals surface area contributed by atoms with Gasteiger partial charge in [0.25, 0.3) is 0 Å². The number of aliphatic carboxylic acids is 1. The van der Waals surface area contributed by atoms with Crippen LogP contribution in [0.5, 0.6) is 0 Å². The Bertz CT molecular complexity index is 675. The molecule has 7 heteroatoms. The summed E-state index contributed by atoms with van der Waals surface area (Å²) >= 11 is 1.42. The number of thiophene rings is 1.